The highest BCUT2D eigenvalue weighted by Gasteiger charge is 2.28. The number of hydrogen-bond donors (Lipinski definition) is 0. The zero-order valence-corrected chi connectivity index (χ0v) is 16.3. The van der Waals surface area contributed by atoms with Gasteiger partial charge in [-0.05, 0) is 60.9 Å². The summed E-state index contributed by atoms with van der Waals surface area (Å²) in [5, 5.41) is 0. The van der Waals surface area contributed by atoms with Crippen LogP contribution in [-0.4, -0.2) is 13.0 Å². The molecule has 3 nitrogen and oxygen atoms in total. The Kier molecular flexibility index (Phi) is 5.65. The second-order valence-electron chi connectivity index (χ2n) is 7.17. The molecule has 2 aromatic carbocycles. The lowest BCUT2D eigenvalue weighted by molar-refractivity contribution is -0.118. The molecule has 0 atom stereocenters. The second-order valence-corrected chi connectivity index (χ2v) is 7.17. The number of carbonyl (C=O) groups is 1. The summed E-state index contributed by atoms with van der Waals surface area (Å²) in [7, 11) is 1.86. The van der Waals surface area contributed by atoms with Crippen LogP contribution in [0.4, 0.5) is 5.69 Å². The first-order valence-electron chi connectivity index (χ1n) is 9.65. The van der Waals surface area contributed by atoms with Gasteiger partial charge in [0.15, 0.2) is 0 Å². The van der Waals surface area contributed by atoms with E-state index in [1.807, 2.05) is 20.0 Å². The summed E-state index contributed by atoms with van der Waals surface area (Å²) < 4.78 is 6.21. The van der Waals surface area contributed by atoms with Crippen LogP contribution in [0, 0.1) is 6.92 Å². The summed E-state index contributed by atoms with van der Waals surface area (Å²) >= 11 is 0. The highest BCUT2D eigenvalue weighted by molar-refractivity contribution is 5.93. The van der Waals surface area contributed by atoms with Crippen molar-refractivity contribution in [2.45, 2.75) is 59.0 Å². The lowest BCUT2D eigenvalue weighted by Crippen LogP contribution is -2.26. The Morgan fingerprint density at radius 3 is 2.58 bits per heavy atom. The van der Waals surface area contributed by atoms with E-state index in [1.54, 1.807) is 4.90 Å². The molecule has 1 aliphatic rings. The predicted molar refractivity (Wildman–Crippen MR) is 107 cm³/mol. The smallest absolute Gasteiger partial charge is 0.226 e. The Hall–Kier alpha value is -2.29. The SMILES string of the molecule is CCC(=O)N(C)c1cccc(C2CC2)c1COc1ccc(CC)cc1C. The van der Waals surface area contributed by atoms with Crippen LogP contribution in [0.1, 0.15) is 61.3 Å². The Labute approximate surface area is 157 Å². The van der Waals surface area contributed by atoms with Crippen molar-refractivity contribution in [3.63, 3.8) is 0 Å². The number of rotatable bonds is 7. The van der Waals surface area contributed by atoms with Gasteiger partial charge in [0.25, 0.3) is 0 Å². The molecular formula is C23H29NO2. The van der Waals surface area contributed by atoms with E-state index in [0.29, 0.717) is 18.9 Å². The largest absolute Gasteiger partial charge is 0.489 e. The maximum absolute atomic E-state index is 12.2. The number of ether oxygens (including phenoxy) is 1. The molecule has 0 saturated heterocycles. The van der Waals surface area contributed by atoms with Crippen LogP contribution in [0.5, 0.6) is 5.75 Å². The van der Waals surface area contributed by atoms with Gasteiger partial charge >= 0.3 is 0 Å². The lowest BCUT2D eigenvalue weighted by Gasteiger charge is -2.23. The standard InChI is InChI=1S/C23H29NO2/c1-5-17-10-13-22(16(3)14-17)26-15-20-19(18-11-12-18)8-7-9-21(20)24(4)23(25)6-2/h7-10,13-14,18H,5-6,11-12,15H2,1-4H3. The first-order valence-corrected chi connectivity index (χ1v) is 9.65. The zero-order chi connectivity index (χ0) is 18.7. The molecule has 1 aliphatic carbocycles. The summed E-state index contributed by atoms with van der Waals surface area (Å²) in [4.78, 5) is 14.0. The van der Waals surface area contributed by atoms with E-state index in [0.717, 1.165) is 29.0 Å². The van der Waals surface area contributed by atoms with E-state index in [9.17, 15) is 4.79 Å². The average Bonchev–Trinajstić information content (AvgIpc) is 3.50. The fraction of sp³-hybridized carbons (Fsp3) is 0.435. The number of anilines is 1. The van der Waals surface area contributed by atoms with E-state index in [1.165, 1.54) is 24.0 Å². The van der Waals surface area contributed by atoms with Gasteiger partial charge in [-0.2, -0.15) is 0 Å². The van der Waals surface area contributed by atoms with Gasteiger partial charge in [-0.15, -0.1) is 0 Å². The maximum atomic E-state index is 12.2. The van der Waals surface area contributed by atoms with Gasteiger partial charge in [0.05, 0.1) is 5.69 Å². The summed E-state index contributed by atoms with van der Waals surface area (Å²) in [5.41, 5.74) is 5.94. The van der Waals surface area contributed by atoms with E-state index < -0.39 is 0 Å². The molecule has 26 heavy (non-hydrogen) atoms. The van der Waals surface area contributed by atoms with Crippen LogP contribution in [-0.2, 0) is 17.8 Å². The summed E-state index contributed by atoms with van der Waals surface area (Å²) in [6, 6.07) is 12.7. The van der Waals surface area contributed by atoms with Gasteiger partial charge in [0.2, 0.25) is 5.91 Å². The third kappa shape index (κ3) is 3.92. The highest BCUT2D eigenvalue weighted by atomic mass is 16.5. The zero-order valence-electron chi connectivity index (χ0n) is 16.3. The van der Waals surface area contributed by atoms with Gasteiger partial charge in [-0.1, -0.05) is 38.1 Å². The number of nitrogens with zero attached hydrogens (tertiary/aromatic N) is 1. The van der Waals surface area contributed by atoms with Crippen molar-refractivity contribution in [1.82, 2.24) is 0 Å². The van der Waals surface area contributed by atoms with E-state index in [-0.39, 0.29) is 5.91 Å². The summed E-state index contributed by atoms with van der Waals surface area (Å²) in [6.45, 7) is 6.65. The Balaban J connectivity index is 1.89. The van der Waals surface area contributed by atoms with Crippen LogP contribution in [0.3, 0.4) is 0 Å². The lowest BCUT2D eigenvalue weighted by atomic mass is 10.0. The summed E-state index contributed by atoms with van der Waals surface area (Å²) in [5.74, 6) is 1.66. The van der Waals surface area contributed by atoms with Crippen molar-refractivity contribution in [2.75, 3.05) is 11.9 Å². The molecular weight excluding hydrogens is 322 g/mol. The van der Waals surface area contributed by atoms with E-state index >= 15 is 0 Å². The Morgan fingerprint density at radius 1 is 1.19 bits per heavy atom. The van der Waals surface area contributed by atoms with Crippen molar-refractivity contribution < 1.29 is 9.53 Å². The molecule has 3 heteroatoms. The van der Waals surface area contributed by atoms with Crippen LogP contribution in [0.25, 0.3) is 0 Å². The number of hydrogen-bond acceptors (Lipinski definition) is 2. The fourth-order valence-electron chi connectivity index (χ4n) is 3.46. The Morgan fingerprint density at radius 2 is 1.96 bits per heavy atom. The first kappa shape index (κ1) is 18.5. The molecule has 0 radical (unpaired) electrons. The number of benzene rings is 2. The minimum atomic E-state index is 0.127. The molecule has 1 fully saturated rings. The van der Waals surface area contributed by atoms with Crippen LogP contribution in [0.15, 0.2) is 36.4 Å². The molecule has 0 aromatic heterocycles. The molecule has 1 amide bonds. The van der Waals surface area contributed by atoms with Crippen molar-refractivity contribution in [2.24, 2.45) is 0 Å². The predicted octanol–water partition coefficient (Wildman–Crippen LogP) is 5.39. The van der Waals surface area contributed by atoms with Gasteiger partial charge in [-0.25, -0.2) is 0 Å². The van der Waals surface area contributed by atoms with Gasteiger partial charge < -0.3 is 9.64 Å². The topological polar surface area (TPSA) is 29.5 Å². The number of amides is 1. The van der Waals surface area contributed by atoms with Gasteiger partial charge in [0.1, 0.15) is 12.4 Å². The fourth-order valence-corrected chi connectivity index (χ4v) is 3.46. The molecule has 2 aromatic rings. The second kappa shape index (κ2) is 7.94. The van der Waals surface area contributed by atoms with E-state index in [4.69, 9.17) is 4.74 Å². The van der Waals surface area contributed by atoms with Crippen LogP contribution < -0.4 is 9.64 Å². The van der Waals surface area contributed by atoms with Gasteiger partial charge in [0, 0.05) is 19.0 Å². The first-order chi connectivity index (χ1) is 12.5. The molecule has 0 N–H and O–H groups in total. The summed E-state index contributed by atoms with van der Waals surface area (Å²) in [6.07, 6.45) is 3.99. The maximum Gasteiger partial charge on any atom is 0.226 e. The molecule has 0 spiro atoms. The highest BCUT2D eigenvalue weighted by Crippen LogP contribution is 2.44. The van der Waals surface area contributed by atoms with Crippen molar-refractivity contribution in [3.05, 3.63) is 58.7 Å². The Bertz CT molecular complexity index is 793. The molecule has 0 aliphatic heterocycles. The van der Waals surface area contributed by atoms with Crippen LogP contribution >= 0.6 is 0 Å². The van der Waals surface area contributed by atoms with Crippen LogP contribution in [0.2, 0.25) is 0 Å². The average molecular weight is 351 g/mol. The molecule has 138 valence electrons. The molecule has 3 rings (SSSR count). The minimum Gasteiger partial charge on any atom is -0.489 e. The molecule has 0 heterocycles. The number of carbonyl (C=O) groups excluding carboxylic acids is 1. The molecule has 0 bridgehead atoms. The monoisotopic (exact) mass is 351 g/mol. The number of aryl methyl sites for hydroxylation is 2. The third-order valence-corrected chi connectivity index (χ3v) is 5.26. The minimum absolute atomic E-state index is 0.127. The third-order valence-electron chi connectivity index (χ3n) is 5.26. The molecule has 0 unspecified atom stereocenters. The van der Waals surface area contributed by atoms with Crippen molar-refractivity contribution in [1.29, 1.82) is 0 Å². The van der Waals surface area contributed by atoms with Crippen molar-refractivity contribution >= 4 is 11.6 Å². The van der Waals surface area contributed by atoms with Gasteiger partial charge in [-0.3, -0.25) is 4.79 Å². The normalized spacial score (nSPS) is 13.5. The van der Waals surface area contributed by atoms with E-state index in [2.05, 4.69) is 44.2 Å². The molecule has 1 saturated carbocycles. The quantitative estimate of drug-likeness (QED) is 0.669. The van der Waals surface area contributed by atoms with Crippen molar-refractivity contribution in [3.8, 4) is 5.75 Å².